The molecule has 0 spiro atoms. The van der Waals surface area contributed by atoms with Crippen molar-refractivity contribution < 1.29 is 4.79 Å². The molecule has 0 fully saturated rings. The smallest absolute Gasteiger partial charge is 0.255 e. The zero-order valence-corrected chi connectivity index (χ0v) is 12.4. The average molecular weight is 292 g/mol. The maximum atomic E-state index is 12.2. The number of benzene rings is 1. The van der Waals surface area contributed by atoms with Crippen molar-refractivity contribution in [3.05, 3.63) is 71.9 Å². The van der Waals surface area contributed by atoms with Crippen molar-refractivity contribution in [1.82, 2.24) is 14.5 Å². The van der Waals surface area contributed by atoms with Crippen LogP contribution in [-0.2, 0) is 0 Å². The predicted molar refractivity (Wildman–Crippen MR) is 85.2 cm³/mol. The van der Waals surface area contributed by atoms with Crippen molar-refractivity contribution in [2.45, 2.75) is 13.8 Å². The van der Waals surface area contributed by atoms with Gasteiger partial charge in [0, 0.05) is 18.0 Å². The third-order valence-electron chi connectivity index (χ3n) is 3.36. The Morgan fingerprint density at radius 3 is 2.64 bits per heavy atom. The minimum Gasteiger partial charge on any atom is -0.321 e. The Labute approximate surface area is 128 Å². The number of nitrogens with zero attached hydrogens (tertiary/aromatic N) is 3. The summed E-state index contributed by atoms with van der Waals surface area (Å²) in [6.07, 6.45) is 5.22. The maximum absolute atomic E-state index is 12.2. The Morgan fingerprint density at radius 2 is 2.00 bits per heavy atom. The Kier molecular flexibility index (Phi) is 3.70. The first-order valence-electron chi connectivity index (χ1n) is 6.98. The van der Waals surface area contributed by atoms with Gasteiger partial charge in [0.15, 0.2) is 0 Å². The standard InChI is InChI=1S/C17H16N4O/c1-12-4-3-5-14(10-12)17(22)20-15-6-7-16(19-11-15)21-9-8-18-13(21)2/h3-11H,1-2H3,(H,20,22). The van der Waals surface area contributed by atoms with E-state index >= 15 is 0 Å². The number of carbonyl (C=O) groups is 1. The largest absolute Gasteiger partial charge is 0.321 e. The summed E-state index contributed by atoms with van der Waals surface area (Å²) in [4.78, 5) is 20.7. The molecule has 3 aromatic rings. The topological polar surface area (TPSA) is 59.8 Å². The molecular formula is C17H16N4O. The van der Waals surface area contributed by atoms with Gasteiger partial charge in [-0.3, -0.25) is 9.36 Å². The number of aryl methyl sites for hydroxylation is 2. The molecule has 110 valence electrons. The summed E-state index contributed by atoms with van der Waals surface area (Å²) in [5, 5.41) is 2.85. The lowest BCUT2D eigenvalue weighted by atomic mass is 10.1. The Hall–Kier alpha value is -2.95. The number of anilines is 1. The summed E-state index contributed by atoms with van der Waals surface area (Å²) in [5.41, 5.74) is 2.35. The second kappa shape index (κ2) is 5.81. The summed E-state index contributed by atoms with van der Waals surface area (Å²) in [6, 6.07) is 11.1. The summed E-state index contributed by atoms with van der Waals surface area (Å²) in [6.45, 7) is 3.87. The number of hydrogen-bond donors (Lipinski definition) is 1. The molecule has 0 aliphatic rings. The second-order valence-electron chi connectivity index (χ2n) is 5.07. The fourth-order valence-corrected chi connectivity index (χ4v) is 2.21. The van der Waals surface area contributed by atoms with E-state index in [0.717, 1.165) is 17.2 Å². The zero-order chi connectivity index (χ0) is 15.5. The van der Waals surface area contributed by atoms with E-state index in [1.54, 1.807) is 18.5 Å². The van der Waals surface area contributed by atoms with E-state index in [-0.39, 0.29) is 5.91 Å². The van der Waals surface area contributed by atoms with E-state index in [2.05, 4.69) is 15.3 Å². The van der Waals surface area contributed by atoms with Crippen LogP contribution in [0.3, 0.4) is 0 Å². The molecule has 1 amide bonds. The van der Waals surface area contributed by atoms with Crippen molar-refractivity contribution in [1.29, 1.82) is 0 Å². The summed E-state index contributed by atoms with van der Waals surface area (Å²) < 4.78 is 1.88. The van der Waals surface area contributed by atoms with Gasteiger partial charge < -0.3 is 5.32 Å². The van der Waals surface area contributed by atoms with Gasteiger partial charge >= 0.3 is 0 Å². The van der Waals surface area contributed by atoms with Crippen molar-refractivity contribution in [2.24, 2.45) is 0 Å². The molecule has 0 radical (unpaired) electrons. The van der Waals surface area contributed by atoms with Crippen molar-refractivity contribution in [2.75, 3.05) is 5.32 Å². The third kappa shape index (κ3) is 2.88. The molecule has 0 aliphatic carbocycles. The number of amides is 1. The molecule has 2 aromatic heterocycles. The summed E-state index contributed by atoms with van der Waals surface area (Å²) >= 11 is 0. The van der Waals surface area contributed by atoms with Gasteiger partial charge in [-0.15, -0.1) is 0 Å². The van der Waals surface area contributed by atoms with Gasteiger partial charge in [0.2, 0.25) is 0 Å². The van der Waals surface area contributed by atoms with E-state index in [9.17, 15) is 4.79 Å². The lowest BCUT2D eigenvalue weighted by Crippen LogP contribution is -2.12. The number of aromatic nitrogens is 3. The van der Waals surface area contributed by atoms with Crippen LogP contribution in [0.1, 0.15) is 21.7 Å². The molecule has 5 heteroatoms. The predicted octanol–water partition coefficient (Wildman–Crippen LogP) is 3.14. The first-order chi connectivity index (χ1) is 10.6. The molecule has 0 saturated heterocycles. The third-order valence-corrected chi connectivity index (χ3v) is 3.36. The number of imidazole rings is 1. The van der Waals surface area contributed by atoms with E-state index in [1.165, 1.54) is 0 Å². The first kappa shape index (κ1) is 14.0. The molecule has 5 nitrogen and oxygen atoms in total. The molecule has 0 saturated carbocycles. The van der Waals surface area contributed by atoms with Crippen LogP contribution >= 0.6 is 0 Å². The second-order valence-corrected chi connectivity index (χ2v) is 5.07. The van der Waals surface area contributed by atoms with Crippen molar-refractivity contribution in [3.8, 4) is 5.82 Å². The number of rotatable bonds is 3. The molecule has 0 unspecified atom stereocenters. The molecule has 0 aliphatic heterocycles. The zero-order valence-electron chi connectivity index (χ0n) is 12.4. The van der Waals surface area contributed by atoms with E-state index in [0.29, 0.717) is 11.3 Å². The molecular weight excluding hydrogens is 276 g/mol. The fraction of sp³-hybridized carbons (Fsp3) is 0.118. The maximum Gasteiger partial charge on any atom is 0.255 e. The van der Waals surface area contributed by atoms with E-state index in [1.807, 2.05) is 54.9 Å². The van der Waals surface area contributed by atoms with Crippen LogP contribution in [-0.4, -0.2) is 20.4 Å². The molecule has 1 aromatic carbocycles. The van der Waals surface area contributed by atoms with Gasteiger partial charge in [0.1, 0.15) is 11.6 Å². The van der Waals surface area contributed by atoms with Gasteiger partial charge in [-0.05, 0) is 38.1 Å². The Bertz CT molecular complexity index is 806. The highest BCUT2D eigenvalue weighted by Gasteiger charge is 2.07. The van der Waals surface area contributed by atoms with E-state index < -0.39 is 0 Å². The van der Waals surface area contributed by atoms with Crippen LogP contribution in [0.4, 0.5) is 5.69 Å². The molecule has 3 rings (SSSR count). The fourth-order valence-electron chi connectivity index (χ4n) is 2.21. The highest BCUT2D eigenvalue weighted by molar-refractivity contribution is 6.04. The van der Waals surface area contributed by atoms with Gasteiger partial charge in [0.05, 0.1) is 11.9 Å². The summed E-state index contributed by atoms with van der Waals surface area (Å²) in [7, 11) is 0. The van der Waals surface area contributed by atoms with Gasteiger partial charge in [-0.2, -0.15) is 0 Å². The van der Waals surface area contributed by atoms with Crippen molar-refractivity contribution >= 4 is 11.6 Å². The molecule has 22 heavy (non-hydrogen) atoms. The molecule has 0 bridgehead atoms. The number of hydrogen-bond acceptors (Lipinski definition) is 3. The van der Waals surface area contributed by atoms with Crippen molar-refractivity contribution in [3.63, 3.8) is 0 Å². The van der Waals surface area contributed by atoms with Crippen LogP contribution in [0.15, 0.2) is 55.0 Å². The van der Waals surface area contributed by atoms with Gasteiger partial charge in [-0.1, -0.05) is 17.7 Å². The number of pyridine rings is 1. The summed E-state index contributed by atoms with van der Waals surface area (Å²) in [5.74, 6) is 1.49. The lowest BCUT2D eigenvalue weighted by Gasteiger charge is -2.08. The quantitative estimate of drug-likeness (QED) is 0.806. The Morgan fingerprint density at radius 1 is 1.14 bits per heavy atom. The highest BCUT2D eigenvalue weighted by atomic mass is 16.1. The monoisotopic (exact) mass is 292 g/mol. The van der Waals surface area contributed by atoms with Gasteiger partial charge in [-0.25, -0.2) is 9.97 Å². The molecule has 2 heterocycles. The van der Waals surface area contributed by atoms with Crippen LogP contribution in [0, 0.1) is 13.8 Å². The van der Waals surface area contributed by atoms with E-state index in [4.69, 9.17) is 0 Å². The molecule has 1 N–H and O–H groups in total. The van der Waals surface area contributed by atoms with Crippen LogP contribution in [0.25, 0.3) is 5.82 Å². The minimum atomic E-state index is -0.142. The normalized spacial score (nSPS) is 10.5. The lowest BCUT2D eigenvalue weighted by molar-refractivity contribution is 0.102. The number of nitrogens with one attached hydrogen (secondary N) is 1. The Balaban J connectivity index is 1.76. The number of carbonyl (C=O) groups excluding carboxylic acids is 1. The minimum absolute atomic E-state index is 0.142. The van der Waals surface area contributed by atoms with Crippen LogP contribution < -0.4 is 5.32 Å². The van der Waals surface area contributed by atoms with Crippen LogP contribution in [0.2, 0.25) is 0 Å². The SMILES string of the molecule is Cc1cccc(C(=O)Nc2ccc(-n3ccnc3C)nc2)c1. The average Bonchev–Trinajstić information content (AvgIpc) is 2.94. The van der Waals surface area contributed by atoms with Gasteiger partial charge in [0.25, 0.3) is 5.91 Å². The first-order valence-corrected chi connectivity index (χ1v) is 6.98. The van der Waals surface area contributed by atoms with Crippen LogP contribution in [0.5, 0.6) is 0 Å². The molecule has 0 atom stereocenters. The highest BCUT2D eigenvalue weighted by Crippen LogP contribution is 2.13.